The molecule has 0 bridgehead atoms. The molecular formula is C17H18F3N3O2. The minimum Gasteiger partial charge on any atom is -0.385 e. The van der Waals surface area contributed by atoms with Crippen LogP contribution >= 0.6 is 0 Å². The average molecular weight is 353 g/mol. The summed E-state index contributed by atoms with van der Waals surface area (Å²) in [5, 5.41) is 5.33. The molecule has 1 aromatic carbocycles. The molecule has 25 heavy (non-hydrogen) atoms. The van der Waals surface area contributed by atoms with Crippen LogP contribution < -0.4 is 10.6 Å². The molecule has 0 aliphatic heterocycles. The van der Waals surface area contributed by atoms with Gasteiger partial charge in [0.1, 0.15) is 5.82 Å². The lowest BCUT2D eigenvalue weighted by Crippen LogP contribution is -2.25. The number of amides is 1. The molecule has 0 radical (unpaired) electrons. The van der Waals surface area contributed by atoms with Gasteiger partial charge in [0, 0.05) is 26.5 Å². The van der Waals surface area contributed by atoms with Crippen LogP contribution in [0, 0.1) is 0 Å². The van der Waals surface area contributed by atoms with E-state index in [1.807, 2.05) is 0 Å². The number of carbonyl (C=O) groups is 1. The maximum absolute atomic E-state index is 13.0. The largest absolute Gasteiger partial charge is 0.418 e. The third-order valence-electron chi connectivity index (χ3n) is 3.33. The van der Waals surface area contributed by atoms with Gasteiger partial charge in [-0.15, -0.1) is 0 Å². The third kappa shape index (κ3) is 5.46. The molecule has 0 saturated heterocycles. The van der Waals surface area contributed by atoms with E-state index in [0.717, 1.165) is 6.07 Å². The van der Waals surface area contributed by atoms with Crippen molar-refractivity contribution in [3.8, 4) is 0 Å². The van der Waals surface area contributed by atoms with E-state index in [4.69, 9.17) is 4.74 Å². The summed E-state index contributed by atoms with van der Waals surface area (Å²) in [4.78, 5) is 15.9. The fraction of sp³-hybridized carbons (Fsp3) is 0.294. The maximum atomic E-state index is 13.0. The number of nitrogens with zero attached hydrogens (tertiary/aromatic N) is 1. The van der Waals surface area contributed by atoms with Crippen molar-refractivity contribution in [3.05, 3.63) is 53.7 Å². The van der Waals surface area contributed by atoms with Gasteiger partial charge < -0.3 is 15.4 Å². The molecule has 0 fully saturated rings. The Morgan fingerprint density at radius 2 is 1.96 bits per heavy atom. The van der Waals surface area contributed by atoms with E-state index in [0.29, 0.717) is 25.1 Å². The van der Waals surface area contributed by atoms with Crippen molar-refractivity contribution in [2.24, 2.45) is 0 Å². The summed E-state index contributed by atoms with van der Waals surface area (Å²) in [6.07, 6.45) is -2.47. The van der Waals surface area contributed by atoms with E-state index in [1.165, 1.54) is 36.5 Å². The van der Waals surface area contributed by atoms with E-state index in [1.54, 1.807) is 7.11 Å². The first-order valence-electron chi connectivity index (χ1n) is 7.58. The highest BCUT2D eigenvalue weighted by Gasteiger charge is 2.33. The van der Waals surface area contributed by atoms with Gasteiger partial charge in [-0.3, -0.25) is 4.79 Å². The molecule has 134 valence electrons. The highest BCUT2D eigenvalue weighted by Crippen LogP contribution is 2.35. The number of nitrogens with one attached hydrogen (secondary N) is 2. The van der Waals surface area contributed by atoms with Crippen LogP contribution in [0.25, 0.3) is 0 Å². The molecule has 0 unspecified atom stereocenters. The van der Waals surface area contributed by atoms with Gasteiger partial charge in [-0.25, -0.2) is 4.98 Å². The first-order valence-corrected chi connectivity index (χ1v) is 7.58. The van der Waals surface area contributed by atoms with Gasteiger partial charge in [0.25, 0.3) is 5.91 Å². The highest BCUT2D eigenvalue weighted by molar-refractivity contribution is 5.94. The number of pyridine rings is 1. The van der Waals surface area contributed by atoms with Crippen molar-refractivity contribution >= 4 is 17.4 Å². The number of para-hydroxylation sites is 1. The molecule has 0 atom stereocenters. The van der Waals surface area contributed by atoms with E-state index in [9.17, 15) is 18.0 Å². The Hall–Kier alpha value is -2.61. The van der Waals surface area contributed by atoms with Crippen molar-refractivity contribution in [1.29, 1.82) is 0 Å². The molecule has 5 nitrogen and oxygen atoms in total. The second-order valence-corrected chi connectivity index (χ2v) is 5.20. The summed E-state index contributed by atoms with van der Waals surface area (Å²) in [5.41, 5.74) is -0.553. The summed E-state index contributed by atoms with van der Waals surface area (Å²) in [5.74, 6) is -0.0847. The van der Waals surface area contributed by atoms with Crippen LogP contribution in [0.1, 0.15) is 22.3 Å². The van der Waals surface area contributed by atoms with Gasteiger partial charge in [-0.2, -0.15) is 13.2 Å². The zero-order valence-corrected chi connectivity index (χ0v) is 13.6. The van der Waals surface area contributed by atoms with Crippen LogP contribution in [0.2, 0.25) is 0 Å². The van der Waals surface area contributed by atoms with E-state index in [2.05, 4.69) is 15.6 Å². The van der Waals surface area contributed by atoms with Crippen LogP contribution in [-0.4, -0.2) is 31.2 Å². The van der Waals surface area contributed by atoms with Gasteiger partial charge in [-0.1, -0.05) is 12.1 Å². The Kier molecular flexibility index (Phi) is 6.35. The van der Waals surface area contributed by atoms with Crippen molar-refractivity contribution in [2.75, 3.05) is 25.6 Å². The molecule has 0 saturated carbocycles. The Morgan fingerprint density at radius 3 is 2.60 bits per heavy atom. The summed E-state index contributed by atoms with van der Waals surface area (Å²) in [6, 6.07) is 8.08. The molecule has 0 aliphatic carbocycles. The average Bonchev–Trinajstić information content (AvgIpc) is 2.59. The Balaban J connectivity index is 2.03. The highest BCUT2D eigenvalue weighted by atomic mass is 19.4. The fourth-order valence-electron chi connectivity index (χ4n) is 2.10. The van der Waals surface area contributed by atoms with Gasteiger partial charge in [0.2, 0.25) is 0 Å². The van der Waals surface area contributed by atoms with Gasteiger partial charge in [0.15, 0.2) is 0 Å². The Morgan fingerprint density at radius 1 is 1.20 bits per heavy atom. The molecule has 2 rings (SSSR count). The first kappa shape index (κ1) is 18.7. The van der Waals surface area contributed by atoms with Crippen LogP contribution in [0.3, 0.4) is 0 Å². The summed E-state index contributed by atoms with van der Waals surface area (Å²) < 4.78 is 43.8. The second-order valence-electron chi connectivity index (χ2n) is 5.20. The standard InChI is InChI=1S/C17H18F3N3O2/c1-25-10-4-9-21-16(24)12-7-8-15(22-11-12)23-14-6-3-2-5-13(14)17(18,19)20/h2-3,5-8,11H,4,9-10H2,1H3,(H,21,24)(H,22,23). The van der Waals surface area contributed by atoms with Crippen molar-refractivity contribution in [1.82, 2.24) is 10.3 Å². The molecular weight excluding hydrogens is 335 g/mol. The van der Waals surface area contributed by atoms with Crippen LogP contribution in [0.4, 0.5) is 24.7 Å². The minimum atomic E-state index is -4.47. The third-order valence-corrected chi connectivity index (χ3v) is 3.33. The van der Waals surface area contributed by atoms with Gasteiger partial charge >= 0.3 is 6.18 Å². The minimum absolute atomic E-state index is 0.0979. The lowest BCUT2D eigenvalue weighted by molar-refractivity contribution is -0.136. The monoisotopic (exact) mass is 353 g/mol. The molecule has 1 heterocycles. The smallest absolute Gasteiger partial charge is 0.385 e. The first-order chi connectivity index (χ1) is 11.9. The number of hydrogen-bond donors (Lipinski definition) is 2. The molecule has 1 aromatic heterocycles. The number of halogens is 3. The number of anilines is 2. The van der Waals surface area contributed by atoms with Gasteiger partial charge in [0.05, 0.1) is 16.8 Å². The lowest BCUT2D eigenvalue weighted by atomic mass is 10.1. The SMILES string of the molecule is COCCCNC(=O)c1ccc(Nc2ccccc2C(F)(F)F)nc1. The van der Waals surface area contributed by atoms with Crippen LogP contribution in [0.5, 0.6) is 0 Å². The normalized spacial score (nSPS) is 11.2. The lowest BCUT2D eigenvalue weighted by Gasteiger charge is -2.14. The van der Waals surface area contributed by atoms with Crippen LogP contribution in [-0.2, 0) is 10.9 Å². The molecule has 2 aromatic rings. The second kappa shape index (κ2) is 8.48. The molecule has 0 aliphatic rings. The summed E-state index contributed by atoms with van der Waals surface area (Å²) in [6.45, 7) is 1.01. The predicted molar refractivity (Wildman–Crippen MR) is 87.8 cm³/mol. The quantitative estimate of drug-likeness (QED) is 0.747. The van der Waals surface area contributed by atoms with Crippen LogP contribution in [0.15, 0.2) is 42.6 Å². The number of benzene rings is 1. The predicted octanol–water partition coefficient (Wildman–Crippen LogP) is 3.61. The zero-order valence-electron chi connectivity index (χ0n) is 13.6. The number of ether oxygens (including phenoxy) is 1. The zero-order chi connectivity index (χ0) is 18.3. The topological polar surface area (TPSA) is 63.2 Å². The van der Waals surface area contributed by atoms with Crippen molar-refractivity contribution < 1.29 is 22.7 Å². The summed E-state index contributed by atoms with van der Waals surface area (Å²) in [7, 11) is 1.58. The number of methoxy groups -OCH3 is 1. The number of hydrogen-bond acceptors (Lipinski definition) is 4. The van der Waals surface area contributed by atoms with Crippen molar-refractivity contribution in [3.63, 3.8) is 0 Å². The van der Waals surface area contributed by atoms with Gasteiger partial charge in [-0.05, 0) is 30.7 Å². The fourth-order valence-corrected chi connectivity index (χ4v) is 2.10. The molecule has 0 spiro atoms. The number of carbonyl (C=O) groups excluding carboxylic acids is 1. The number of rotatable bonds is 7. The van der Waals surface area contributed by atoms with E-state index < -0.39 is 11.7 Å². The van der Waals surface area contributed by atoms with E-state index >= 15 is 0 Å². The molecule has 8 heteroatoms. The van der Waals surface area contributed by atoms with Crippen molar-refractivity contribution in [2.45, 2.75) is 12.6 Å². The Labute approximate surface area is 143 Å². The molecule has 1 amide bonds. The Bertz CT molecular complexity index is 703. The van der Waals surface area contributed by atoms with E-state index in [-0.39, 0.29) is 17.4 Å². The molecule has 2 N–H and O–H groups in total. The number of aromatic nitrogens is 1. The maximum Gasteiger partial charge on any atom is 0.418 e. The summed E-state index contributed by atoms with van der Waals surface area (Å²) >= 11 is 0. The number of alkyl halides is 3.